The first-order valence-electron chi connectivity index (χ1n) is 7.40. The summed E-state index contributed by atoms with van der Waals surface area (Å²) in [6.07, 6.45) is -0.837. The van der Waals surface area contributed by atoms with E-state index in [4.69, 9.17) is 19.7 Å². The molecule has 1 rings (SSSR count). The van der Waals surface area contributed by atoms with Gasteiger partial charge in [-0.2, -0.15) is 0 Å². The number of hydrogen-bond acceptors (Lipinski definition) is 7. The molecule has 0 aromatic rings. The maximum atomic E-state index is 11.4. The van der Waals surface area contributed by atoms with Crippen LogP contribution in [0.15, 0.2) is 24.0 Å². The average molecular weight is 345 g/mol. The number of ether oxygens (including phenoxy) is 2. The van der Waals surface area contributed by atoms with Crippen LogP contribution in [0.1, 0.15) is 13.8 Å². The summed E-state index contributed by atoms with van der Waals surface area (Å²) in [5, 5.41) is 40.4. The van der Waals surface area contributed by atoms with Crippen LogP contribution in [0, 0.1) is 0 Å². The summed E-state index contributed by atoms with van der Waals surface area (Å²) in [5.74, 6) is -2.31. The number of amides is 1. The molecular formula is C15H23NO8. The Balaban J connectivity index is 3.15. The standard InChI is InChI=1S/C15H23NO8/c1-3-4-5-23-10-6-11(15(21)22)24-14(12(10)16-8(2)18)13(20)9(19)7-17/h3-4,6,9-10,12-14,17,19-20H,5,7H2,1-2H3,(H,16,18)(H,21,22)/t9-,10+,12-,13-,14-/m1/s1. The topological polar surface area (TPSA) is 146 Å². The van der Waals surface area contributed by atoms with Crippen LogP contribution in [0.4, 0.5) is 0 Å². The van der Waals surface area contributed by atoms with Crippen molar-refractivity contribution in [2.45, 2.75) is 44.3 Å². The molecule has 0 fully saturated rings. The van der Waals surface area contributed by atoms with E-state index in [1.54, 1.807) is 19.1 Å². The summed E-state index contributed by atoms with van der Waals surface area (Å²) in [7, 11) is 0. The minimum absolute atomic E-state index is 0.145. The molecule has 0 radical (unpaired) electrons. The summed E-state index contributed by atoms with van der Waals surface area (Å²) >= 11 is 0. The Morgan fingerprint density at radius 1 is 1.46 bits per heavy atom. The number of carbonyl (C=O) groups excluding carboxylic acids is 1. The Morgan fingerprint density at radius 2 is 2.12 bits per heavy atom. The molecule has 5 N–H and O–H groups in total. The van der Waals surface area contributed by atoms with E-state index in [9.17, 15) is 19.8 Å². The summed E-state index contributed by atoms with van der Waals surface area (Å²) in [6.45, 7) is 2.41. The summed E-state index contributed by atoms with van der Waals surface area (Å²) in [4.78, 5) is 22.7. The third-order valence-corrected chi connectivity index (χ3v) is 3.41. The fraction of sp³-hybridized carbons (Fsp3) is 0.600. The van der Waals surface area contributed by atoms with E-state index in [0.29, 0.717) is 0 Å². The van der Waals surface area contributed by atoms with E-state index >= 15 is 0 Å². The Bertz CT molecular complexity index is 504. The van der Waals surface area contributed by atoms with E-state index in [-0.39, 0.29) is 6.61 Å². The number of hydrogen-bond donors (Lipinski definition) is 5. The van der Waals surface area contributed by atoms with E-state index in [2.05, 4.69) is 5.32 Å². The molecule has 0 aromatic heterocycles. The predicted octanol–water partition coefficient (Wildman–Crippen LogP) is -1.47. The number of carbonyl (C=O) groups is 2. The van der Waals surface area contributed by atoms with Gasteiger partial charge in [0.15, 0.2) is 6.10 Å². The van der Waals surface area contributed by atoms with E-state index < -0.39 is 54.7 Å². The van der Waals surface area contributed by atoms with Gasteiger partial charge in [-0.15, -0.1) is 0 Å². The van der Waals surface area contributed by atoms with Crippen LogP contribution in [-0.4, -0.2) is 76.0 Å². The average Bonchev–Trinajstić information content (AvgIpc) is 2.54. The first kappa shape index (κ1) is 20.1. The lowest BCUT2D eigenvalue weighted by Gasteiger charge is -2.39. The molecule has 24 heavy (non-hydrogen) atoms. The van der Waals surface area contributed by atoms with Crippen LogP contribution in [0.5, 0.6) is 0 Å². The van der Waals surface area contributed by atoms with Crippen molar-refractivity contribution in [2.75, 3.05) is 13.2 Å². The minimum Gasteiger partial charge on any atom is -0.478 e. The van der Waals surface area contributed by atoms with Crippen LogP contribution in [0.3, 0.4) is 0 Å². The van der Waals surface area contributed by atoms with Crippen molar-refractivity contribution in [1.82, 2.24) is 5.32 Å². The largest absolute Gasteiger partial charge is 0.478 e. The summed E-state index contributed by atoms with van der Waals surface area (Å²) in [6, 6.07) is -0.952. The van der Waals surface area contributed by atoms with Crippen molar-refractivity contribution in [3.8, 4) is 0 Å². The quantitative estimate of drug-likeness (QED) is 0.335. The SMILES string of the molecule is CC=CCO[C@H]1C=C(C(=O)O)O[C@@H]([C@H](O)[C@H](O)CO)[C@@H]1NC(C)=O. The van der Waals surface area contributed by atoms with Crippen LogP contribution >= 0.6 is 0 Å². The molecule has 0 aromatic carbocycles. The third kappa shape index (κ3) is 5.31. The third-order valence-electron chi connectivity index (χ3n) is 3.41. The van der Waals surface area contributed by atoms with Crippen molar-refractivity contribution < 1.29 is 39.5 Å². The fourth-order valence-electron chi connectivity index (χ4n) is 2.24. The Morgan fingerprint density at radius 3 is 2.62 bits per heavy atom. The highest BCUT2D eigenvalue weighted by atomic mass is 16.5. The molecule has 136 valence electrons. The number of aliphatic hydroxyl groups is 3. The van der Waals surface area contributed by atoms with Gasteiger partial charge in [0, 0.05) is 6.92 Å². The number of allylic oxidation sites excluding steroid dienone is 1. The van der Waals surface area contributed by atoms with Crippen molar-refractivity contribution in [2.24, 2.45) is 0 Å². The van der Waals surface area contributed by atoms with Crippen molar-refractivity contribution in [1.29, 1.82) is 0 Å². The predicted molar refractivity (Wildman–Crippen MR) is 81.8 cm³/mol. The van der Waals surface area contributed by atoms with Gasteiger partial charge in [-0.1, -0.05) is 12.2 Å². The van der Waals surface area contributed by atoms with Gasteiger partial charge in [0.25, 0.3) is 0 Å². The molecule has 0 aliphatic carbocycles. The van der Waals surface area contributed by atoms with E-state index in [1.807, 2.05) is 0 Å². The van der Waals surface area contributed by atoms with Gasteiger partial charge in [0.1, 0.15) is 18.3 Å². The molecule has 9 nitrogen and oxygen atoms in total. The van der Waals surface area contributed by atoms with Crippen molar-refractivity contribution in [3.63, 3.8) is 0 Å². The maximum absolute atomic E-state index is 11.4. The highest BCUT2D eigenvalue weighted by Gasteiger charge is 2.43. The molecule has 1 heterocycles. The molecule has 1 aliphatic heterocycles. The second-order valence-corrected chi connectivity index (χ2v) is 5.25. The van der Waals surface area contributed by atoms with Gasteiger partial charge >= 0.3 is 5.97 Å². The number of carboxylic acid groups (broad SMARTS) is 1. The zero-order valence-electron chi connectivity index (χ0n) is 13.5. The van der Waals surface area contributed by atoms with Gasteiger partial charge < -0.3 is 35.2 Å². The smallest absolute Gasteiger partial charge is 0.370 e. The van der Waals surface area contributed by atoms with Gasteiger partial charge in [-0.3, -0.25) is 4.79 Å². The molecule has 0 spiro atoms. The first-order valence-corrected chi connectivity index (χ1v) is 7.40. The highest BCUT2D eigenvalue weighted by Crippen LogP contribution is 2.24. The zero-order chi connectivity index (χ0) is 18.3. The molecular weight excluding hydrogens is 322 g/mol. The lowest BCUT2D eigenvalue weighted by molar-refractivity contribution is -0.151. The summed E-state index contributed by atoms with van der Waals surface area (Å²) < 4.78 is 10.7. The number of aliphatic carboxylic acids is 1. The number of carboxylic acids is 1. The Labute approximate surface area is 139 Å². The maximum Gasteiger partial charge on any atom is 0.370 e. The van der Waals surface area contributed by atoms with Gasteiger partial charge in [0.2, 0.25) is 11.7 Å². The molecule has 9 heteroatoms. The van der Waals surface area contributed by atoms with Gasteiger partial charge in [-0.05, 0) is 13.0 Å². The van der Waals surface area contributed by atoms with Gasteiger partial charge in [-0.25, -0.2) is 4.79 Å². The minimum atomic E-state index is -1.64. The lowest BCUT2D eigenvalue weighted by atomic mass is 9.93. The van der Waals surface area contributed by atoms with Crippen LogP contribution < -0.4 is 5.32 Å². The van der Waals surface area contributed by atoms with Crippen molar-refractivity contribution in [3.05, 3.63) is 24.0 Å². The normalized spacial score (nSPS) is 26.4. The van der Waals surface area contributed by atoms with Crippen LogP contribution in [0.2, 0.25) is 0 Å². The van der Waals surface area contributed by atoms with E-state index in [0.717, 1.165) is 0 Å². The Kier molecular flexibility index (Phi) is 7.86. The number of aliphatic hydroxyl groups excluding tert-OH is 3. The Hall–Kier alpha value is -1.94. The first-order chi connectivity index (χ1) is 11.3. The molecule has 1 aliphatic rings. The molecule has 0 unspecified atom stereocenters. The number of nitrogens with one attached hydrogen (secondary N) is 1. The van der Waals surface area contributed by atoms with Crippen LogP contribution in [-0.2, 0) is 19.1 Å². The molecule has 0 bridgehead atoms. The number of rotatable bonds is 8. The molecule has 5 atom stereocenters. The van der Waals surface area contributed by atoms with Crippen LogP contribution in [0.25, 0.3) is 0 Å². The second kappa shape index (κ2) is 9.38. The molecule has 0 saturated heterocycles. The highest BCUT2D eigenvalue weighted by molar-refractivity contribution is 5.84. The fourth-order valence-corrected chi connectivity index (χ4v) is 2.24. The van der Waals surface area contributed by atoms with Crippen molar-refractivity contribution >= 4 is 11.9 Å². The lowest BCUT2D eigenvalue weighted by Crippen LogP contribution is -2.60. The van der Waals surface area contributed by atoms with E-state index in [1.165, 1.54) is 13.0 Å². The molecule has 1 amide bonds. The monoisotopic (exact) mass is 345 g/mol. The van der Waals surface area contributed by atoms with Gasteiger partial charge in [0.05, 0.1) is 19.3 Å². The zero-order valence-corrected chi connectivity index (χ0v) is 13.5. The second-order valence-electron chi connectivity index (χ2n) is 5.25. The molecule has 0 saturated carbocycles. The summed E-state index contributed by atoms with van der Waals surface area (Å²) in [5.41, 5.74) is 0.